The number of likely N-dealkylation sites (tertiary alicyclic amines) is 1. The highest BCUT2D eigenvalue weighted by atomic mass is 16.5. The first-order valence-electron chi connectivity index (χ1n) is 11.6. The molecule has 0 bridgehead atoms. The Kier molecular flexibility index (Phi) is 6.19. The molecule has 0 spiro atoms. The quantitative estimate of drug-likeness (QED) is 0.355. The minimum atomic E-state index is -0.108. The SMILES string of the molecule is O=C(c1ccc(OCCN2CCCC2)cc1)c1c(-c2ccc(O)cc2)ccc2cc(O)ccc12. The summed E-state index contributed by atoms with van der Waals surface area (Å²) in [5.41, 5.74) is 2.73. The molecule has 4 aromatic carbocycles. The standard InChI is InChI=1S/C29H27NO4/c31-23-8-3-20(4-9-23)26-13-7-22-19-24(32)10-14-27(22)28(26)29(33)21-5-11-25(12-6-21)34-18-17-30-15-1-2-16-30/h3-14,19,31-32H,1-2,15-18H2. The average Bonchev–Trinajstić information content (AvgIpc) is 3.37. The van der Waals surface area contributed by atoms with Crippen LogP contribution < -0.4 is 4.74 Å². The number of aromatic hydroxyl groups is 2. The van der Waals surface area contributed by atoms with Crippen molar-refractivity contribution in [3.8, 4) is 28.4 Å². The van der Waals surface area contributed by atoms with Crippen molar-refractivity contribution in [3.05, 3.63) is 90.0 Å². The summed E-state index contributed by atoms with van der Waals surface area (Å²) in [6.07, 6.45) is 2.52. The van der Waals surface area contributed by atoms with Crippen LogP contribution in [0.3, 0.4) is 0 Å². The molecule has 172 valence electrons. The van der Waals surface area contributed by atoms with Gasteiger partial charge in [-0.15, -0.1) is 0 Å². The fraction of sp³-hybridized carbons (Fsp3) is 0.207. The van der Waals surface area contributed by atoms with Crippen molar-refractivity contribution in [1.82, 2.24) is 4.90 Å². The molecule has 0 aromatic heterocycles. The summed E-state index contributed by atoms with van der Waals surface area (Å²) >= 11 is 0. The highest BCUT2D eigenvalue weighted by Gasteiger charge is 2.19. The lowest BCUT2D eigenvalue weighted by atomic mass is 9.89. The van der Waals surface area contributed by atoms with Crippen LogP contribution in [0.1, 0.15) is 28.8 Å². The smallest absolute Gasteiger partial charge is 0.194 e. The molecule has 4 aromatic rings. The molecule has 1 heterocycles. The summed E-state index contributed by atoms with van der Waals surface area (Å²) in [4.78, 5) is 16.2. The molecule has 0 saturated carbocycles. The van der Waals surface area contributed by atoms with Crippen LogP contribution in [0.5, 0.6) is 17.2 Å². The van der Waals surface area contributed by atoms with E-state index in [1.807, 2.05) is 24.3 Å². The number of benzene rings is 4. The monoisotopic (exact) mass is 453 g/mol. The number of ketones is 1. The molecule has 0 unspecified atom stereocenters. The number of fused-ring (bicyclic) bond motifs is 1. The van der Waals surface area contributed by atoms with Crippen LogP contribution in [0.15, 0.2) is 78.9 Å². The first kappa shape index (κ1) is 22.0. The van der Waals surface area contributed by atoms with Gasteiger partial charge in [-0.1, -0.05) is 24.3 Å². The van der Waals surface area contributed by atoms with Gasteiger partial charge in [-0.05, 0) is 102 Å². The predicted octanol–water partition coefficient (Wildman–Crippen LogP) is 5.62. The Morgan fingerprint density at radius 2 is 1.53 bits per heavy atom. The molecule has 1 fully saturated rings. The van der Waals surface area contributed by atoms with Gasteiger partial charge >= 0.3 is 0 Å². The topological polar surface area (TPSA) is 70.0 Å². The second-order valence-electron chi connectivity index (χ2n) is 8.69. The highest BCUT2D eigenvalue weighted by molar-refractivity contribution is 6.20. The van der Waals surface area contributed by atoms with Gasteiger partial charge in [0.15, 0.2) is 5.78 Å². The zero-order chi connectivity index (χ0) is 23.5. The fourth-order valence-corrected chi connectivity index (χ4v) is 4.59. The third-order valence-corrected chi connectivity index (χ3v) is 6.40. The molecule has 1 aliphatic rings. The van der Waals surface area contributed by atoms with Gasteiger partial charge in [0.1, 0.15) is 23.9 Å². The van der Waals surface area contributed by atoms with Crippen molar-refractivity contribution >= 4 is 16.6 Å². The van der Waals surface area contributed by atoms with E-state index in [0.29, 0.717) is 17.7 Å². The molecule has 34 heavy (non-hydrogen) atoms. The molecule has 0 amide bonds. The Morgan fingerprint density at radius 1 is 0.824 bits per heavy atom. The third-order valence-electron chi connectivity index (χ3n) is 6.40. The van der Waals surface area contributed by atoms with Crippen molar-refractivity contribution < 1.29 is 19.7 Å². The summed E-state index contributed by atoms with van der Waals surface area (Å²) in [5, 5.41) is 21.2. The number of ether oxygens (including phenoxy) is 1. The summed E-state index contributed by atoms with van der Waals surface area (Å²) in [7, 11) is 0. The van der Waals surface area contributed by atoms with Gasteiger partial charge in [-0.3, -0.25) is 9.69 Å². The summed E-state index contributed by atoms with van der Waals surface area (Å²) in [6, 6.07) is 22.9. The van der Waals surface area contributed by atoms with E-state index in [-0.39, 0.29) is 17.3 Å². The van der Waals surface area contributed by atoms with Crippen LogP contribution in [0.25, 0.3) is 21.9 Å². The van der Waals surface area contributed by atoms with E-state index in [2.05, 4.69) is 4.90 Å². The number of carbonyl (C=O) groups excluding carboxylic acids is 1. The molecule has 1 saturated heterocycles. The van der Waals surface area contributed by atoms with Gasteiger partial charge in [-0.25, -0.2) is 0 Å². The van der Waals surface area contributed by atoms with Gasteiger partial charge in [-0.2, -0.15) is 0 Å². The summed E-state index contributed by atoms with van der Waals surface area (Å²) in [5.74, 6) is 0.960. The van der Waals surface area contributed by atoms with Crippen molar-refractivity contribution in [1.29, 1.82) is 0 Å². The Labute approximate surface area is 198 Å². The first-order valence-corrected chi connectivity index (χ1v) is 11.6. The molecule has 5 nitrogen and oxygen atoms in total. The Morgan fingerprint density at radius 3 is 2.26 bits per heavy atom. The van der Waals surface area contributed by atoms with Crippen LogP contribution in [-0.4, -0.2) is 47.1 Å². The van der Waals surface area contributed by atoms with Crippen LogP contribution >= 0.6 is 0 Å². The number of rotatable bonds is 7. The number of hydrogen-bond donors (Lipinski definition) is 2. The van der Waals surface area contributed by atoms with Crippen molar-refractivity contribution in [3.63, 3.8) is 0 Å². The average molecular weight is 454 g/mol. The number of phenols is 2. The molecule has 0 aliphatic carbocycles. The van der Waals surface area contributed by atoms with E-state index < -0.39 is 0 Å². The minimum absolute atomic E-state index is 0.108. The maximum Gasteiger partial charge on any atom is 0.194 e. The van der Waals surface area contributed by atoms with E-state index in [1.165, 1.54) is 12.8 Å². The molecule has 1 aliphatic heterocycles. The number of hydrogen-bond acceptors (Lipinski definition) is 5. The van der Waals surface area contributed by atoms with E-state index >= 15 is 0 Å². The molecule has 5 rings (SSSR count). The second-order valence-corrected chi connectivity index (χ2v) is 8.69. The Balaban J connectivity index is 1.45. The van der Waals surface area contributed by atoms with Crippen molar-refractivity contribution in [2.24, 2.45) is 0 Å². The normalized spacial score (nSPS) is 13.9. The molecule has 5 heteroatoms. The van der Waals surface area contributed by atoms with Crippen LogP contribution in [-0.2, 0) is 0 Å². The molecular weight excluding hydrogens is 426 g/mol. The lowest BCUT2D eigenvalue weighted by Crippen LogP contribution is -2.25. The van der Waals surface area contributed by atoms with Gasteiger partial charge in [0, 0.05) is 17.7 Å². The van der Waals surface area contributed by atoms with Crippen LogP contribution in [0, 0.1) is 0 Å². The lowest BCUT2D eigenvalue weighted by Gasteiger charge is -2.15. The van der Waals surface area contributed by atoms with E-state index in [4.69, 9.17) is 4.74 Å². The minimum Gasteiger partial charge on any atom is -0.508 e. The summed E-state index contributed by atoms with van der Waals surface area (Å²) < 4.78 is 5.89. The lowest BCUT2D eigenvalue weighted by molar-refractivity contribution is 0.104. The van der Waals surface area contributed by atoms with E-state index in [9.17, 15) is 15.0 Å². The highest BCUT2D eigenvalue weighted by Crippen LogP contribution is 2.34. The largest absolute Gasteiger partial charge is 0.508 e. The van der Waals surface area contributed by atoms with E-state index in [0.717, 1.165) is 47.3 Å². The van der Waals surface area contributed by atoms with Gasteiger partial charge in [0.05, 0.1) is 0 Å². The Hall–Kier alpha value is -3.83. The third kappa shape index (κ3) is 4.61. The zero-order valence-electron chi connectivity index (χ0n) is 18.9. The molecular formula is C29H27NO4. The second kappa shape index (κ2) is 9.57. The van der Waals surface area contributed by atoms with Crippen LogP contribution in [0.4, 0.5) is 0 Å². The van der Waals surface area contributed by atoms with E-state index in [1.54, 1.807) is 54.6 Å². The van der Waals surface area contributed by atoms with Crippen molar-refractivity contribution in [2.75, 3.05) is 26.2 Å². The molecule has 0 radical (unpaired) electrons. The predicted molar refractivity (Wildman–Crippen MR) is 134 cm³/mol. The van der Waals surface area contributed by atoms with Crippen LogP contribution in [0.2, 0.25) is 0 Å². The maximum absolute atomic E-state index is 13.7. The maximum atomic E-state index is 13.7. The molecule has 2 N–H and O–H groups in total. The van der Waals surface area contributed by atoms with Gasteiger partial charge in [0.25, 0.3) is 0 Å². The first-order chi connectivity index (χ1) is 16.6. The molecule has 0 atom stereocenters. The number of carbonyl (C=O) groups is 1. The number of phenolic OH excluding ortho intramolecular Hbond substituents is 2. The number of nitrogens with zero attached hydrogens (tertiary/aromatic N) is 1. The van der Waals surface area contributed by atoms with Gasteiger partial charge in [0.2, 0.25) is 0 Å². The fourth-order valence-electron chi connectivity index (χ4n) is 4.59. The van der Waals surface area contributed by atoms with Gasteiger partial charge < -0.3 is 14.9 Å². The Bertz CT molecular complexity index is 1310. The summed E-state index contributed by atoms with van der Waals surface area (Å²) in [6.45, 7) is 3.83. The zero-order valence-corrected chi connectivity index (χ0v) is 18.9. The van der Waals surface area contributed by atoms with Crippen molar-refractivity contribution in [2.45, 2.75) is 12.8 Å².